The van der Waals surface area contributed by atoms with Gasteiger partial charge < -0.3 is 10.4 Å². The van der Waals surface area contributed by atoms with Gasteiger partial charge in [-0.05, 0) is 13.3 Å². The molecule has 0 saturated carbocycles. The standard InChI is InChI=1S/C8H18N2O2/c1-8(11)2-7-12-10-5-3-9-4-6-10/h8-9,11H,2-7H2,1H3. The first-order chi connectivity index (χ1) is 5.79. The highest BCUT2D eigenvalue weighted by atomic mass is 16.7. The van der Waals surface area contributed by atoms with E-state index >= 15 is 0 Å². The summed E-state index contributed by atoms with van der Waals surface area (Å²) in [6.45, 7) is 6.28. The van der Waals surface area contributed by atoms with Gasteiger partial charge in [-0.3, -0.25) is 4.84 Å². The Morgan fingerprint density at radius 2 is 2.17 bits per heavy atom. The molecule has 0 aromatic carbocycles. The second kappa shape index (κ2) is 5.48. The lowest BCUT2D eigenvalue weighted by atomic mass is 10.3. The Labute approximate surface area is 73.5 Å². The Hall–Kier alpha value is -0.160. The minimum Gasteiger partial charge on any atom is -0.393 e. The summed E-state index contributed by atoms with van der Waals surface area (Å²) in [7, 11) is 0. The Bertz CT molecular complexity index is 114. The predicted molar refractivity (Wildman–Crippen MR) is 46.7 cm³/mol. The van der Waals surface area contributed by atoms with Crippen LogP contribution in [-0.2, 0) is 4.84 Å². The molecule has 1 heterocycles. The number of aliphatic hydroxyl groups excluding tert-OH is 1. The highest BCUT2D eigenvalue weighted by molar-refractivity contribution is 4.60. The van der Waals surface area contributed by atoms with Gasteiger partial charge in [0.2, 0.25) is 0 Å². The first-order valence-electron chi connectivity index (χ1n) is 4.55. The normalized spacial score (nSPS) is 22.5. The van der Waals surface area contributed by atoms with Crippen molar-refractivity contribution in [1.29, 1.82) is 0 Å². The maximum atomic E-state index is 8.97. The van der Waals surface area contributed by atoms with Crippen molar-refractivity contribution in [2.24, 2.45) is 0 Å². The van der Waals surface area contributed by atoms with Crippen molar-refractivity contribution in [3.63, 3.8) is 0 Å². The summed E-state index contributed by atoms with van der Waals surface area (Å²) in [6.07, 6.45) is 0.456. The van der Waals surface area contributed by atoms with Gasteiger partial charge in [-0.2, -0.15) is 5.06 Å². The highest BCUT2D eigenvalue weighted by Crippen LogP contribution is 1.96. The van der Waals surface area contributed by atoms with E-state index in [9.17, 15) is 0 Å². The summed E-state index contributed by atoms with van der Waals surface area (Å²) in [5, 5.41) is 14.2. The number of nitrogens with zero attached hydrogens (tertiary/aromatic N) is 1. The van der Waals surface area contributed by atoms with Gasteiger partial charge in [0.05, 0.1) is 12.7 Å². The molecule has 12 heavy (non-hydrogen) atoms. The molecule has 0 aromatic rings. The van der Waals surface area contributed by atoms with Crippen LogP contribution in [0.3, 0.4) is 0 Å². The maximum absolute atomic E-state index is 8.97. The van der Waals surface area contributed by atoms with Gasteiger partial charge in [-0.25, -0.2) is 0 Å². The maximum Gasteiger partial charge on any atom is 0.0709 e. The van der Waals surface area contributed by atoms with Crippen molar-refractivity contribution in [1.82, 2.24) is 10.4 Å². The quantitative estimate of drug-likeness (QED) is 0.608. The van der Waals surface area contributed by atoms with E-state index in [2.05, 4.69) is 5.32 Å². The zero-order valence-corrected chi connectivity index (χ0v) is 7.62. The van der Waals surface area contributed by atoms with E-state index in [0.29, 0.717) is 13.0 Å². The molecule has 1 unspecified atom stereocenters. The SMILES string of the molecule is CC(O)CCON1CCNCC1. The van der Waals surface area contributed by atoms with Crippen LogP contribution < -0.4 is 5.32 Å². The number of aliphatic hydroxyl groups is 1. The predicted octanol–water partition coefficient (Wildman–Crippen LogP) is -0.406. The topological polar surface area (TPSA) is 44.7 Å². The molecule has 1 aliphatic rings. The molecule has 0 aromatic heterocycles. The van der Waals surface area contributed by atoms with Crippen molar-refractivity contribution in [3.8, 4) is 0 Å². The average molecular weight is 174 g/mol. The molecule has 1 saturated heterocycles. The largest absolute Gasteiger partial charge is 0.393 e. The van der Waals surface area contributed by atoms with E-state index in [1.54, 1.807) is 6.92 Å². The fourth-order valence-corrected chi connectivity index (χ4v) is 1.13. The van der Waals surface area contributed by atoms with Gasteiger partial charge in [0.15, 0.2) is 0 Å². The van der Waals surface area contributed by atoms with Crippen LogP contribution in [0.15, 0.2) is 0 Å². The zero-order chi connectivity index (χ0) is 8.81. The Kier molecular flexibility index (Phi) is 4.53. The van der Waals surface area contributed by atoms with Crippen LogP contribution in [0.5, 0.6) is 0 Å². The molecule has 4 heteroatoms. The molecule has 0 bridgehead atoms. The lowest BCUT2D eigenvalue weighted by Gasteiger charge is -2.26. The van der Waals surface area contributed by atoms with Gasteiger partial charge in [0, 0.05) is 26.2 Å². The van der Waals surface area contributed by atoms with Crippen LogP contribution in [0.4, 0.5) is 0 Å². The second-order valence-electron chi connectivity index (χ2n) is 3.15. The molecular weight excluding hydrogens is 156 g/mol. The molecule has 0 amide bonds. The first-order valence-corrected chi connectivity index (χ1v) is 4.55. The van der Waals surface area contributed by atoms with Crippen LogP contribution in [0.1, 0.15) is 13.3 Å². The van der Waals surface area contributed by atoms with Crippen LogP contribution in [0.25, 0.3) is 0 Å². The highest BCUT2D eigenvalue weighted by Gasteiger charge is 2.09. The number of rotatable bonds is 4. The smallest absolute Gasteiger partial charge is 0.0709 e. The van der Waals surface area contributed by atoms with Crippen LogP contribution in [0, 0.1) is 0 Å². The second-order valence-corrected chi connectivity index (χ2v) is 3.15. The third-order valence-corrected chi connectivity index (χ3v) is 1.89. The van der Waals surface area contributed by atoms with Gasteiger partial charge in [-0.1, -0.05) is 0 Å². The monoisotopic (exact) mass is 174 g/mol. The summed E-state index contributed by atoms with van der Waals surface area (Å²) >= 11 is 0. The molecule has 1 rings (SSSR count). The van der Waals surface area contributed by atoms with E-state index in [-0.39, 0.29) is 6.10 Å². The minimum atomic E-state index is -0.257. The lowest BCUT2D eigenvalue weighted by Crippen LogP contribution is -2.43. The van der Waals surface area contributed by atoms with Gasteiger partial charge in [0.25, 0.3) is 0 Å². The number of hydroxylamine groups is 2. The number of piperazine rings is 1. The Balaban J connectivity index is 1.98. The third-order valence-electron chi connectivity index (χ3n) is 1.89. The van der Waals surface area contributed by atoms with Gasteiger partial charge >= 0.3 is 0 Å². The van der Waals surface area contributed by atoms with Crippen molar-refractivity contribution in [2.45, 2.75) is 19.4 Å². The molecular formula is C8H18N2O2. The Morgan fingerprint density at radius 3 is 2.75 bits per heavy atom. The molecule has 0 aliphatic carbocycles. The number of hydrogen-bond acceptors (Lipinski definition) is 4. The van der Waals surface area contributed by atoms with E-state index in [1.165, 1.54) is 0 Å². The summed E-state index contributed by atoms with van der Waals surface area (Å²) in [5.41, 5.74) is 0. The molecule has 0 radical (unpaired) electrons. The van der Waals surface area contributed by atoms with Crippen molar-refractivity contribution >= 4 is 0 Å². The molecule has 4 nitrogen and oxygen atoms in total. The molecule has 1 aliphatic heterocycles. The van der Waals surface area contributed by atoms with E-state index < -0.39 is 0 Å². The molecule has 2 N–H and O–H groups in total. The minimum absolute atomic E-state index is 0.257. The number of hydrogen-bond donors (Lipinski definition) is 2. The number of nitrogens with one attached hydrogen (secondary N) is 1. The van der Waals surface area contributed by atoms with Gasteiger partial charge in [0.1, 0.15) is 0 Å². The zero-order valence-electron chi connectivity index (χ0n) is 7.62. The molecule has 1 fully saturated rings. The van der Waals surface area contributed by atoms with Gasteiger partial charge in [-0.15, -0.1) is 0 Å². The summed E-state index contributed by atoms with van der Waals surface area (Å²) in [5.74, 6) is 0. The Morgan fingerprint density at radius 1 is 1.50 bits per heavy atom. The lowest BCUT2D eigenvalue weighted by molar-refractivity contribution is -0.168. The first kappa shape index (κ1) is 9.92. The summed E-state index contributed by atoms with van der Waals surface area (Å²) in [6, 6.07) is 0. The van der Waals surface area contributed by atoms with E-state index in [4.69, 9.17) is 9.94 Å². The van der Waals surface area contributed by atoms with Crippen molar-refractivity contribution in [3.05, 3.63) is 0 Å². The molecule has 1 atom stereocenters. The fourth-order valence-electron chi connectivity index (χ4n) is 1.13. The molecule has 72 valence electrons. The third kappa shape index (κ3) is 4.01. The van der Waals surface area contributed by atoms with E-state index in [1.807, 2.05) is 5.06 Å². The van der Waals surface area contributed by atoms with Crippen molar-refractivity contribution < 1.29 is 9.94 Å². The average Bonchev–Trinajstić information content (AvgIpc) is 2.05. The summed E-state index contributed by atoms with van der Waals surface area (Å²) in [4.78, 5) is 5.43. The van der Waals surface area contributed by atoms with Crippen LogP contribution in [-0.4, -0.2) is 49.1 Å². The molecule has 0 spiro atoms. The van der Waals surface area contributed by atoms with Crippen molar-refractivity contribution in [2.75, 3.05) is 32.8 Å². The van der Waals surface area contributed by atoms with Crippen LogP contribution >= 0.6 is 0 Å². The summed E-state index contributed by atoms with van der Waals surface area (Å²) < 4.78 is 0. The fraction of sp³-hybridized carbons (Fsp3) is 1.00. The van der Waals surface area contributed by atoms with Crippen LogP contribution in [0.2, 0.25) is 0 Å². The van der Waals surface area contributed by atoms with E-state index in [0.717, 1.165) is 26.2 Å².